The molecule has 0 rings (SSSR count). The van der Waals surface area contributed by atoms with Crippen molar-refractivity contribution in [1.29, 1.82) is 0 Å². The minimum Gasteiger partial charge on any atom is -0.357 e. The van der Waals surface area contributed by atoms with E-state index < -0.39 is 78.0 Å². The van der Waals surface area contributed by atoms with Crippen molar-refractivity contribution in [3.8, 4) is 0 Å². The molecule has 33 heavy (non-hydrogen) atoms. The predicted molar refractivity (Wildman–Crippen MR) is 64.7 cm³/mol. The summed E-state index contributed by atoms with van der Waals surface area (Å²) in [5.41, 5.74) is -22.0. The van der Waals surface area contributed by atoms with Gasteiger partial charge in [0.05, 0.1) is 5.57 Å². The normalized spacial score (nSPS) is 14.7. The Labute approximate surface area is 167 Å². The average Bonchev–Trinajstić information content (AvgIpc) is 2.42. The zero-order chi connectivity index (χ0) is 27.2. The highest BCUT2D eigenvalue weighted by molar-refractivity contribution is 5.45. The highest BCUT2D eigenvalue weighted by atomic mass is 19.4. The van der Waals surface area contributed by atoms with Crippen molar-refractivity contribution in [3.05, 3.63) is 28.3 Å². The fourth-order valence-electron chi connectivity index (χ4n) is 2.04. The number of halogens is 19. The van der Waals surface area contributed by atoms with Crippen LogP contribution in [0.15, 0.2) is 28.3 Å². The second-order valence-electron chi connectivity index (χ2n) is 5.44. The quantitative estimate of drug-likeness (QED) is 0.207. The molecule has 0 fully saturated rings. The third kappa shape index (κ3) is 6.27. The van der Waals surface area contributed by atoms with Gasteiger partial charge in [-0.15, -0.1) is 0 Å². The second-order valence-corrected chi connectivity index (χ2v) is 5.44. The first-order valence-electron chi connectivity index (χ1n) is 6.95. The maximum Gasteiger partial charge on any atom is 0.431 e. The third-order valence-electron chi connectivity index (χ3n) is 3.28. The van der Waals surface area contributed by atoms with Gasteiger partial charge in [0.15, 0.2) is 17.0 Å². The number of alkyl halides is 18. The van der Waals surface area contributed by atoms with Crippen LogP contribution in [0.1, 0.15) is 0 Å². The van der Waals surface area contributed by atoms with E-state index in [-0.39, 0.29) is 0 Å². The lowest BCUT2D eigenvalue weighted by Gasteiger charge is -2.37. The van der Waals surface area contributed by atoms with Gasteiger partial charge in [-0.3, -0.25) is 0 Å². The largest absolute Gasteiger partial charge is 0.431 e. The van der Waals surface area contributed by atoms with E-state index in [1.54, 1.807) is 0 Å². The van der Waals surface area contributed by atoms with E-state index in [0.29, 0.717) is 0 Å². The van der Waals surface area contributed by atoms with Crippen LogP contribution in [0.4, 0.5) is 83.4 Å². The van der Waals surface area contributed by atoms with Gasteiger partial charge < -0.3 is 4.74 Å². The van der Waals surface area contributed by atoms with Crippen LogP contribution in [-0.2, 0) is 4.74 Å². The molecule has 0 bridgehead atoms. The first-order valence-corrected chi connectivity index (χ1v) is 6.95. The molecule has 0 saturated carbocycles. The van der Waals surface area contributed by atoms with Crippen molar-refractivity contribution in [2.24, 2.45) is 0 Å². The van der Waals surface area contributed by atoms with Crippen molar-refractivity contribution in [1.82, 2.24) is 0 Å². The van der Waals surface area contributed by atoms with E-state index in [9.17, 15) is 83.4 Å². The molecule has 194 valence electrons. The summed E-state index contributed by atoms with van der Waals surface area (Å²) < 4.78 is 247. The van der Waals surface area contributed by atoms with Crippen LogP contribution in [0, 0.1) is 0 Å². The Hall–Kier alpha value is -2.11. The summed E-state index contributed by atoms with van der Waals surface area (Å²) in [4.78, 5) is 0. The fourth-order valence-corrected chi connectivity index (χ4v) is 2.04. The molecule has 0 spiro atoms. The van der Waals surface area contributed by atoms with E-state index in [0.717, 1.165) is 0 Å². The van der Waals surface area contributed by atoms with Crippen molar-refractivity contribution < 1.29 is 88.2 Å². The van der Waals surface area contributed by atoms with Gasteiger partial charge in [0.25, 0.3) is 5.60 Å². The first-order chi connectivity index (χ1) is 14.1. The summed E-state index contributed by atoms with van der Waals surface area (Å²) in [7, 11) is -0.836. The fraction of sp³-hybridized carbons (Fsp3) is 0.615. The van der Waals surface area contributed by atoms with E-state index in [2.05, 4.69) is 4.74 Å². The maximum absolute atomic E-state index is 14.1. The topological polar surface area (TPSA) is 9.23 Å². The zero-order valence-corrected chi connectivity index (χ0v) is 14.6. The van der Waals surface area contributed by atoms with Crippen LogP contribution >= 0.6 is 0 Å². The Bertz CT molecular complexity index is 767. The molecule has 0 unspecified atom stereocenters. The number of allylic oxidation sites excluding steroid dienone is 1. The minimum absolute atomic E-state index is 0.836. The van der Waals surface area contributed by atoms with Crippen LogP contribution in [0.5, 0.6) is 0 Å². The van der Waals surface area contributed by atoms with Gasteiger partial charge in [0.2, 0.25) is 0 Å². The van der Waals surface area contributed by atoms with Gasteiger partial charge in [-0.25, -0.2) is 4.39 Å². The van der Waals surface area contributed by atoms with Crippen molar-refractivity contribution >= 4 is 0 Å². The Morgan fingerprint density at radius 1 is 0.545 bits per heavy atom. The molecular weight excluding hydrogens is 533 g/mol. The Morgan fingerprint density at radius 2 is 0.848 bits per heavy atom. The van der Waals surface area contributed by atoms with Crippen molar-refractivity contribution in [2.75, 3.05) is 7.11 Å². The Morgan fingerprint density at radius 3 is 1.03 bits per heavy atom. The molecule has 0 radical (unpaired) electrons. The molecule has 0 aliphatic rings. The van der Waals surface area contributed by atoms with Crippen LogP contribution < -0.4 is 0 Å². The average molecular weight is 536 g/mol. The van der Waals surface area contributed by atoms with Gasteiger partial charge >= 0.3 is 37.1 Å². The van der Waals surface area contributed by atoms with E-state index in [4.69, 9.17) is 0 Å². The molecule has 0 aliphatic carbocycles. The van der Waals surface area contributed by atoms with Crippen molar-refractivity contribution in [2.45, 2.75) is 42.7 Å². The molecule has 0 atom stereocenters. The molecule has 0 N–H and O–H groups in total. The van der Waals surface area contributed by atoms with E-state index >= 15 is 0 Å². The molecule has 0 aromatic heterocycles. The van der Waals surface area contributed by atoms with Gasteiger partial charge in [-0.05, 0) is 0 Å². The third-order valence-corrected chi connectivity index (χ3v) is 3.28. The maximum atomic E-state index is 14.1. The second kappa shape index (κ2) is 8.59. The van der Waals surface area contributed by atoms with Gasteiger partial charge in [-0.1, -0.05) is 5.73 Å². The molecule has 0 aromatic rings. The summed E-state index contributed by atoms with van der Waals surface area (Å²) in [5, 5.41) is 0. The molecule has 0 aliphatic heterocycles. The monoisotopic (exact) mass is 536 g/mol. The SMILES string of the molecule is COC(C(=C=C(C(F)(F)F)C(F)(F)F)C(F)=C(C(F)(F)F)C(F)(F)F)(C(F)(F)F)C(F)(F)F. The van der Waals surface area contributed by atoms with Crippen LogP contribution in [0.3, 0.4) is 0 Å². The molecule has 20 heteroatoms. The minimum atomic E-state index is -7.48. The smallest absolute Gasteiger partial charge is 0.357 e. The zero-order valence-electron chi connectivity index (χ0n) is 14.6. The summed E-state index contributed by atoms with van der Waals surface area (Å²) in [6.07, 6.45) is -43.7. The standard InChI is InChI=1S/C13H3F19O/c1-33-7(12(27,28)29,13(30,31)32)3(2-4(8(15,16)17)9(18,19)20)5(14)6(10(21,22)23)11(24,25)26/h1H3. The van der Waals surface area contributed by atoms with Crippen LogP contribution in [0.2, 0.25) is 0 Å². The predicted octanol–water partition coefficient (Wildman–Crippen LogP) is 7.42. The lowest BCUT2D eigenvalue weighted by Crippen LogP contribution is -2.60. The molecule has 1 nitrogen and oxygen atoms in total. The highest BCUT2D eigenvalue weighted by Crippen LogP contribution is 2.55. The molecule has 0 heterocycles. The lowest BCUT2D eigenvalue weighted by atomic mass is 9.88. The summed E-state index contributed by atoms with van der Waals surface area (Å²) in [6.45, 7) is 0. The molecule has 0 aromatic carbocycles. The highest BCUT2D eigenvalue weighted by Gasteiger charge is 2.76. The first kappa shape index (κ1) is 30.9. The molecule has 0 saturated heterocycles. The molecular formula is C13H3F19O. The van der Waals surface area contributed by atoms with E-state index in [1.165, 1.54) is 0 Å². The lowest BCUT2D eigenvalue weighted by molar-refractivity contribution is -0.359. The molecule has 0 amide bonds. The number of ether oxygens (including phenoxy) is 1. The number of methoxy groups -OCH3 is 1. The van der Waals surface area contributed by atoms with Crippen molar-refractivity contribution in [3.63, 3.8) is 0 Å². The van der Waals surface area contributed by atoms with E-state index in [1.807, 2.05) is 0 Å². The summed E-state index contributed by atoms with van der Waals surface area (Å²) in [6, 6.07) is 0. The Kier molecular flexibility index (Phi) is 8.04. The van der Waals surface area contributed by atoms with Crippen LogP contribution in [0.25, 0.3) is 0 Å². The van der Waals surface area contributed by atoms with Gasteiger partial charge in [-0.2, -0.15) is 79.0 Å². The number of rotatable bonds is 3. The number of hydrogen-bond acceptors (Lipinski definition) is 1. The summed E-state index contributed by atoms with van der Waals surface area (Å²) in [5.74, 6) is -4.86. The number of hydrogen-bond donors (Lipinski definition) is 0. The Balaban J connectivity index is 8.63. The van der Waals surface area contributed by atoms with Gasteiger partial charge in [0.1, 0.15) is 0 Å². The van der Waals surface area contributed by atoms with Gasteiger partial charge in [0, 0.05) is 7.11 Å². The van der Waals surface area contributed by atoms with Crippen LogP contribution in [-0.4, -0.2) is 49.8 Å². The summed E-state index contributed by atoms with van der Waals surface area (Å²) >= 11 is 0.